The van der Waals surface area contributed by atoms with Gasteiger partial charge in [-0.3, -0.25) is 9.48 Å². The fourth-order valence-electron chi connectivity index (χ4n) is 2.43. The number of amides is 1. The Labute approximate surface area is 121 Å². The SMILES string of the molecule is CCCC(C#N)(CCC)C(=O)NCc1cnn(C)c1C. The molecule has 5 heteroatoms. The van der Waals surface area contributed by atoms with Crippen molar-refractivity contribution in [1.29, 1.82) is 5.26 Å². The predicted octanol–water partition coefficient (Wildman–Crippen LogP) is 2.45. The highest BCUT2D eigenvalue weighted by molar-refractivity contribution is 5.85. The molecule has 1 N–H and O–H groups in total. The lowest BCUT2D eigenvalue weighted by Gasteiger charge is -2.24. The molecule has 0 atom stereocenters. The van der Waals surface area contributed by atoms with Crippen molar-refractivity contribution < 1.29 is 4.79 Å². The molecule has 110 valence electrons. The Balaban J connectivity index is 2.77. The van der Waals surface area contributed by atoms with E-state index in [1.165, 1.54) is 0 Å². The van der Waals surface area contributed by atoms with Gasteiger partial charge in [-0.05, 0) is 19.8 Å². The molecule has 0 radical (unpaired) electrons. The summed E-state index contributed by atoms with van der Waals surface area (Å²) in [6, 6.07) is 2.24. The molecule has 0 bridgehead atoms. The molecule has 20 heavy (non-hydrogen) atoms. The molecule has 0 aliphatic carbocycles. The van der Waals surface area contributed by atoms with Crippen LogP contribution in [0.1, 0.15) is 50.8 Å². The average Bonchev–Trinajstić information content (AvgIpc) is 2.75. The fraction of sp³-hybridized carbons (Fsp3) is 0.667. The molecule has 1 amide bonds. The number of aryl methyl sites for hydroxylation is 1. The Morgan fingerprint density at radius 3 is 2.45 bits per heavy atom. The van der Waals surface area contributed by atoms with Gasteiger partial charge >= 0.3 is 0 Å². The van der Waals surface area contributed by atoms with E-state index < -0.39 is 5.41 Å². The zero-order valence-electron chi connectivity index (χ0n) is 12.9. The average molecular weight is 276 g/mol. The number of carbonyl (C=O) groups excluding carboxylic acids is 1. The van der Waals surface area contributed by atoms with E-state index in [1.807, 2.05) is 27.8 Å². The van der Waals surface area contributed by atoms with Crippen molar-refractivity contribution >= 4 is 5.91 Å². The van der Waals surface area contributed by atoms with Crippen LogP contribution in [0.5, 0.6) is 0 Å². The minimum absolute atomic E-state index is 0.160. The summed E-state index contributed by atoms with van der Waals surface area (Å²) in [4.78, 5) is 12.4. The molecule has 0 fully saturated rings. The zero-order chi connectivity index (χ0) is 15.2. The minimum Gasteiger partial charge on any atom is -0.351 e. The van der Waals surface area contributed by atoms with Gasteiger partial charge in [-0.25, -0.2) is 0 Å². The Hall–Kier alpha value is -1.83. The van der Waals surface area contributed by atoms with E-state index in [4.69, 9.17) is 0 Å². The minimum atomic E-state index is -0.889. The van der Waals surface area contributed by atoms with Crippen LogP contribution >= 0.6 is 0 Å². The van der Waals surface area contributed by atoms with E-state index in [9.17, 15) is 10.1 Å². The number of nitrogens with zero attached hydrogens (tertiary/aromatic N) is 3. The molecule has 0 aliphatic rings. The number of hydrogen-bond donors (Lipinski definition) is 1. The van der Waals surface area contributed by atoms with E-state index in [-0.39, 0.29) is 5.91 Å². The standard InChI is InChI=1S/C15H24N4O/c1-5-7-15(11-16,8-6-2)14(20)17-9-13-10-18-19(4)12(13)3/h10H,5-9H2,1-4H3,(H,17,20). The summed E-state index contributed by atoms with van der Waals surface area (Å²) >= 11 is 0. The summed E-state index contributed by atoms with van der Waals surface area (Å²) in [6.45, 7) is 6.39. The topological polar surface area (TPSA) is 70.7 Å². The van der Waals surface area contributed by atoms with Crippen molar-refractivity contribution in [1.82, 2.24) is 15.1 Å². The number of hydrogen-bond acceptors (Lipinski definition) is 3. The zero-order valence-corrected chi connectivity index (χ0v) is 12.9. The van der Waals surface area contributed by atoms with Gasteiger partial charge in [0.2, 0.25) is 5.91 Å². The highest BCUT2D eigenvalue weighted by Crippen LogP contribution is 2.29. The van der Waals surface area contributed by atoms with E-state index in [1.54, 1.807) is 10.9 Å². The molecule has 0 spiro atoms. The molecule has 0 saturated heterocycles. The molecule has 1 rings (SSSR count). The van der Waals surface area contributed by atoms with Crippen LogP contribution in [0, 0.1) is 23.7 Å². The molecule has 1 aromatic heterocycles. The second-order valence-corrected chi connectivity index (χ2v) is 5.26. The van der Waals surface area contributed by atoms with E-state index in [2.05, 4.69) is 16.5 Å². The van der Waals surface area contributed by atoms with Crippen molar-refractivity contribution in [3.63, 3.8) is 0 Å². The first-order valence-corrected chi connectivity index (χ1v) is 7.17. The van der Waals surface area contributed by atoms with Gasteiger partial charge in [-0.1, -0.05) is 26.7 Å². The number of nitriles is 1. The number of aromatic nitrogens is 2. The molecule has 5 nitrogen and oxygen atoms in total. The normalized spacial score (nSPS) is 11.2. The molecule has 0 saturated carbocycles. The van der Waals surface area contributed by atoms with Crippen LogP contribution in [0.15, 0.2) is 6.20 Å². The summed E-state index contributed by atoms with van der Waals surface area (Å²) in [5, 5.41) is 16.5. The molecule has 1 heterocycles. The molecular weight excluding hydrogens is 252 g/mol. The van der Waals surface area contributed by atoms with E-state index in [0.717, 1.165) is 24.1 Å². The number of nitrogens with one attached hydrogen (secondary N) is 1. The van der Waals surface area contributed by atoms with Crippen molar-refractivity contribution in [3.05, 3.63) is 17.5 Å². The van der Waals surface area contributed by atoms with Gasteiger partial charge in [-0.15, -0.1) is 0 Å². The highest BCUT2D eigenvalue weighted by atomic mass is 16.2. The second-order valence-electron chi connectivity index (χ2n) is 5.26. The van der Waals surface area contributed by atoms with Crippen molar-refractivity contribution in [2.75, 3.05) is 0 Å². The Morgan fingerprint density at radius 2 is 2.05 bits per heavy atom. The van der Waals surface area contributed by atoms with Crippen LogP contribution in [0.2, 0.25) is 0 Å². The Bertz CT molecular complexity index is 492. The summed E-state index contributed by atoms with van der Waals surface area (Å²) in [7, 11) is 1.87. The monoisotopic (exact) mass is 276 g/mol. The molecule has 0 aliphatic heterocycles. The molecule has 1 aromatic rings. The van der Waals surface area contributed by atoms with Crippen molar-refractivity contribution in [3.8, 4) is 6.07 Å². The van der Waals surface area contributed by atoms with Crippen molar-refractivity contribution in [2.24, 2.45) is 12.5 Å². The number of carbonyl (C=O) groups is 1. The second kappa shape index (κ2) is 7.09. The predicted molar refractivity (Wildman–Crippen MR) is 77.7 cm³/mol. The van der Waals surface area contributed by atoms with Gasteiger partial charge in [0.1, 0.15) is 5.41 Å². The number of rotatable bonds is 7. The third-order valence-corrected chi connectivity index (χ3v) is 3.78. The maximum Gasteiger partial charge on any atom is 0.240 e. The molecular formula is C15H24N4O. The fourth-order valence-corrected chi connectivity index (χ4v) is 2.43. The third kappa shape index (κ3) is 3.38. The van der Waals surface area contributed by atoms with Crippen LogP contribution in [-0.2, 0) is 18.4 Å². The quantitative estimate of drug-likeness (QED) is 0.831. The Morgan fingerprint density at radius 1 is 1.45 bits per heavy atom. The van der Waals surface area contributed by atoms with Gasteiger partial charge < -0.3 is 5.32 Å². The third-order valence-electron chi connectivity index (χ3n) is 3.78. The van der Waals surface area contributed by atoms with Gasteiger partial charge in [0.25, 0.3) is 0 Å². The summed E-state index contributed by atoms with van der Waals surface area (Å²) in [5.41, 5.74) is 1.12. The van der Waals surface area contributed by atoms with Gasteiger partial charge in [0.15, 0.2) is 0 Å². The highest BCUT2D eigenvalue weighted by Gasteiger charge is 2.36. The van der Waals surface area contributed by atoms with Crippen LogP contribution in [0.3, 0.4) is 0 Å². The first-order chi connectivity index (χ1) is 9.50. The largest absolute Gasteiger partial charge is 0.351 e. The molecule has 0 unspecified atom stereocenters. The van der Waals surface area contributed by atoms with Gasteiger partial charge in [0, 0.05) is 24.8 Å². The van der Waals surface area contributed by atoms with Crippen molar-refractivity contribution in [2.45, 2.75) is 53.0 Å². The lowest BCUT2D eigenvalue weighted by atomic mass is 9.79. The smallest absolute Gasteiger partial charge is 0.240 e. The van der Waals surface area contributed by atoms with Gasteiger partial charge in [-0.2, -0.15) is 10.4 Å². The van der Waals surface area contributed by atoms with Crippen LogP contribution in [-0.4, -0.2) is 15.7 Å². The van der Waals surface area contributed by atoms with Crippen LogP contribution in [0.25, 0.3) is 0 Å². The summed E-state index contributed by atoms with van der Waals surface area (Å²) in [5.74, 6) is -0.160. The summed E-state index contributed by atoms with van der Waals surface area (Å²) < 4.78 is 1.77. The first kappa shape index (κ1) is 16.2. The van der Waals surface area contributed by atoms with Crippen LogP contribution in [0.4, 0.5) is 0 Å². The maximum atomic E-state index is 12.4. The van der Waals surface area contributed by atoms with E-state index >= 15 is 0 Å². The Kier molecular flexibility index (Phi) is 5.75. The van der Waals surface area contributed by atoms with Gasteiger partial charge in [0.05, 0.1) is 12.3 Å². The molecule has 0 aromatic carbocycles. The lowest BCUT2D eigenvalue weighted by Crippen LogP contribution is -2.39. The maximum absolute atomic E-state index is 12.4. The first-order valence-electron chi connectivity index (χ1n) is 7.17. The summed E-state index contributed by atoms with van der Waals surface area (Å²) in [6.07, 6.45) is 4.62. The van der Waals surface area contributed by atoms with Crippen LogP contribution < -0.4 is 5.32 Å². The van der Waals surface area contributed by atoms with E-state index in [0.29, 0.717) is 19.4 Å². The lowest BCUT2D eigenvalue weighted by molar-refractivity contribution is -0.129.